The first-order valence-electron chi connectivity index (χ1n) is 19.2. The van der Waals surface area contributed by atoms with E-state index in [0.29, 0.717) is 0 Å². The van der Waals surface area contributed by atoms with Gasteiger partial charge in [0, 0.05) is 33.3 Å². The molecule has 0 aliphatic heterocycles. The Morgan fingerprint density at radius 3 is 1.61 bits per heavy atom. The van der Waals surface area contributed by atoms with Crippen LogP contribution in [0.15, 0.2) is 231 Å². The second-order valence-electron chi connectivity index (χ2n) is 14.1. The Balaban J connectivity index is 1.28. The van der Waals surface area contributed by atoms with Gasteiger partial charge < -0.3 is 9.47 Å². The third kappa shape index (κ3) is 5.95. The predicted octanol–water partition coefficient (Wildman–Crippen LogP) is 14.9. The van der Waals surface area contributed by atoms with E-state index in [1.807, 2.05) is 0 Å². The zero-order valence-electron chi connectivity index (χ0n) is 30.8. The van der Waals surface area contributed by atoms with Gasteiger partial charge in [0.2, 0.25) is 0 Å². The van der Waals surface area contributed by atoms with Gasteiger partial charge >= 0.3 is 0 Å². The molecule has 2 nitrogen and oxygen atoms in total. The zero-order chi connectivity index (χ0) is 37.3. The molecular weight excluding hydrogens is 677 g/mol. The van der Waals surface area contributed by atoms with Crippen molar-refractivity contribution in [2.24, 2.45) is 0 Å². The highest BCUT2D eigenvalue weighted by atomic mass is 15.1. The van der Waals surface area contributed by atoms with Crippen molar-refractivity contribution in [1.29, 1.82) is 0 Å². The average molecular weight is 715 g/mol. The van der Waals surface area contributed by atoms with Crippen molar-refractivity contribution in [3.63, 3.8) is 0 Å². The van der Waals surface area contributed by atoms with Crippen LogP contribution in [-0.4, -0.2) is 4.57 Å². The molecule has 10 aromatic rings. The number of benzene rings is 9. The normalized spacial score (nSPS) is 11.2. The standard InChI is InChI=1S/C54H38N2/c1-5-19-39(20-6-1)42-25-17-26-43(37-42)46-29-13-15-32-50(46)56(52-34-18-31-47(40-21-7-2-8-22-40)54(52)41-23-9-3-10-24-41)45-35-36-49-48-30-14-16-33-51(48)55(53(49)38-45)44-27-11-4-12-28-44/h1-38H. The number of rotatable bonds is 8. The summed E-state index contributed by atoms with van der Waals surface area (Å²) >= 11 is 0. The Morgan fingerprint density at radius 2 is 0.839 bits per heavy atom. The van der Waals surface area contributed by atoms with E-state index in [2.05, 4.69) is 240 Å². The first kappa shape index (κ1) is 33.2. The Hall–Kier alpha value is -7.42. The number of para-hydroxylation sites is 3. The minimum absolute atomic E-state index is 1.08. The van der Waals surface area contributed by atoms with Gasteiger partial charge in [-0.25, -0.2) is 0 Å². The van der Waals surface area contributed by atoms with Crippen molar-refractivity contribution in [2.45, 2.75) is 0 Å². The van der Waals surface area contributed by atoms with E-state index in [9.17, 15) is 0 Å². The molecule has 0 aliphatic carbocycles. The highest BCUT2D eigenvalue weighted by Crippen LogP contribution is 2.49. The maximum absolute atomic E-state index is 2.48. The van der Waals surface area contributed by atoms with Crippen molar-refractivity contribution < 1.29 is 0 Å². The van der Waals surface area contributed by atoms with Gasteiger partial charge in [-0.1, -0.05) is 182 Å². The Labute approximate surface area is 327 Å². The van der Waals surface area contributed by atoms with Crippen LogP contribution in [-0.2, 0) is 0 Å². The lowest BCUT2D eigenvalue weighted by molar-refractivity contribution is 1.18. The number of hydrogen-bond acceptors (Lipinski definition) is 1. The molecule has 0 aliphatic rings. The molecular formula is C54H38N2. The topological polar surface area (TPSA) is 8.17 Å². The van der Waals surface area contributed by atoms with Crippen LogP contribution in [0.2, 0.25) is 0 Å². The summed E-state index contributed by atoms with van der Waals surface area (Å²) < 4.78 is 2.40. The number of aromatic nitrogens is 1. The van der Waals surface area contributed by atoms with Crippen LogP contribution < -0.4 is 4.90 Å². The SMILES string of the molecule is c1ccc(-c2cccc(-c3ccccc3N(c3ccc4c5ccccc5n(-c5ccccc5)c4c3)c3cccc(-c4ccccc4)c3-c3ccccc3)c2)cc1. The molecule has 1 heterocycles. The van der Waals surface area contributed by atoms with Crippen LogP contribution in [0.25, 0.3) is 72.0 Å². The molecule has 0 saturated heterocycles. The van der Waals surface area contributed by atoms with E-state index in [-0.39, 0.29) is 0 Å². The van der Waals surface area contributed by atoms with Crippen molar-refractivity contribution >= 4 is 38.9 Å². The summed E-state index contributed by atoms with van der Waals surface area (Å²) in [6, 6.07) is 83.2. The smallest absolute Gasteiger partial charge is 0.0561 e. The number of anilines is 3. The molecule has 10 rings (SSSR count). The first-order chi connectivity index (χ1) is 27.8. The fraction of sp³-hybridized carbons (Fsp3) is 0. The van der Waals surface area contributed by atoms with E-state index in [0.717, 1.165) is 45.0 Å². The average Bonchev–Trinajstić information content (AvgIpc) is 3.61. The van der Waals surface area contributed by atoms with Gasteiger partial charge in [0.25, 0.3) is 0 Å². The third-order valence-electron chi connectivity index (χ3n) is 10.8. The Bertz CT molecular complexity index is 2950. The van der Waals surface area contributed by atoms with Crippen molar-refractivity contribution in [1.82, 2.24) is 4.57 Å². The lowest BCUT2D eigenvalue weighted by atomic mass is 9.91. The maximum Gasteiger partial charge on any atom is 0.0561 e. The van der Waals surface area contributed by atoms with Gasteiger partial charge in [-0.05, 0) is 81.9 Å². The van der Waals surface area contributed by atoms with Crippen LogP contribution in [0, 0.1) is 0 Å². The Morgan fingerprint density at radius 1 is 0.304 bits per heavy atom. The number of nitrogens with zero attached hydrogens (tertiary/aromatic N) is 2. The summed E-state index contributed by atoms with van der Waals surface area (Å²) in [5.41, 5.74) is 16.2. The van der Waals surface area contributed by atoms with Crippen LogP contribution in [0.4, 0.5) is 17.1 Å². The second-order valence-corrected chi connectivity index (χ2v) is 14.1. The van der Waals surface area contributed by atoms with Gasteiger partial charge in [-0.15, -0.1) is 0 Å². The summed E-state index contributed by atoms with van der Waals surface area (Å²) in [4.78, 5) is 2.48. The van der Waals surface area contributed by atoms with Gasteiger partial charge in [-0.2, -0.15) is 0 Å². The highest BCUT2D eigenvalue weighted by molar-refractivity contribution is 6.11. The lowest BCUT2D eigenvalue weighted by Gasteiger charge is -2.31. The van der Waals surface area contributed by atoms with Crippen LogP contribution >= 0.6 is 0 Å². The lowest BCUT2D eigenvalue weighted by Crippen LogP contribution is -2.13. The molecule has 0 atom stereocenters. The predicted molar refractivity (Wildman–Crippen MR) is 237 cm³/mol. The van der Waals surface area contributed by atoms with Crippen LogP contribution in [0.1, 0.15) is 0 Å². The highest BCUT2D eigenvalue weighted by Gasteiger charge is 2.24. The van der Waals surface area contributed by atoms with Crippen molar-refractivity contribution in [3.8, 4) is 50.2 Å². The van der Waals surface area contributed by atoms with Crippen LogP contribution in [0.5, 0.6) is 0 Å². The molecule has 0 saturated carbocycles. The third-order valence-corrected chi connectivity index (χ3v) is 10.8. The first-order valence-corrected chi connectivity index (χ1v) is 19.2. The minimum atomic E-state index is 1.08. The van der Waals surface area contributed by atoms with Gasteiger partial charge in [-0.3, -0.25) is 0 Å². The molecule has 56 heavy (non-hydrogen) atoms. The number of fused-ring (bicyclic) bond motifs is 3. The van der Waals surface area contributed by atoms with E-state index in [1.54, 1.807) is 0 Å². The van der Waals surface area contributed by atoms with E-state index < -0.39 is 0 Å². The molecule has 0 fully saturated rings. The largest absolute Gasteiger partial charge is 0.309 e. The molecule has 1 aromatic heterocycles. The summed E-state index contributed by atoms with van der Waals surface area (Å²) in [5, 5.41) is 2.46. The molecule has 0 amide bonds. The van der Waals surface area contributed by atoms with E-state index >= 15 is 0 Å². The summed E-state index contributed by atoms with van der Waals surface area (Å²) in [6.45, 7) is 0. The second kappa shape index (κ2) is 14.4. The molecule has 0 N–H and O–H groups in total. The zero-order valence-corrected chi connectivity index (χ0v) is 30.8. The molecule has 9 aromatic carbocycles. The fourth-order valence-corrected chi connectivity index (χ4v) is 8.26. The van der Waals surface area contributed by atoms with Gasteiger partial charge in [0.1, 0.15) is 0 Å². The van der Waals surface area contributed by atoms with Crippen LogP contribution in [0.3, 0.4) is 0 Å². The molecule has 2 heteroatoms. The molecule has 0 spiro atoms. The summed E-state index contributed by atoms with van der Waals surface area (Å²) in [6.07, 6.45) is 0. The quantitative estimate of drug-likeness (QED) is 0.152. The number of hydrogen-bond donors (Lipinski definition) is 0. The molecule has 0 unspecified atom stereocenters. The van der Waals surface area contributed by atoms with Crippen molar-refractivity contribution in [3.05, 3.63) is 231 Å². The molecule has 0 radical (unpaired) electrons. The Kier molecular flexibility index (Phi) is 8.55. The maximum atomic E-state index is 2.48. The monoisotopic (exact) mass is 714 g/mol. The fourth-order valence-electron chi connectivity index (χ4n) is 8.26. The summed E-state index contributed by atoms with van der Waals surface area (Å²) in [7, 11) is 0. The van der Waals surface area contributed by atoms with Gasteiger partial charge in [0.15, 0.2) is 0 Å². The molecule has 264 valence electrons. The van der Waals surface area contributed by atoms with E-state index in [4.69, 9.17) is 0 Å². The molecule has 0 bridgehead atoms. The van der Waals surface area contributed by atoms with E-state index in [1.165, 1.54) is 44.1 Å². The summed E-state index contributed by atoms with van der Waals surface area (Å²) in [5.74, 6) is 0. The van der Waals surface area contributed by atoms with Gasteiger partial charge in [0.05, 0.1) is 22.4 Å². The minimum Gasteiger partial charge on any atom is -0.309 e. The van der Waals surface area contributed by atoms with Crippen molar-refractivity contribution in [2.75, 3.05) is 4.90 Å².